The lowest BCUT2D eigenvalue weighted by Crippen LogP contribution is -2.70. The number of ether oxygens (including phenoxy) is 6. The lowest BCUT2D eigenvalue weighted by molar-refractivity contribution is -0.256. The van der Waals surface area contributed by atoms with Crippen molar-refractivity contribution in [2.45, 2.75) is 95.2 Å². The molecule has 3 aromatic carbocycles. The predicted octanol–water partition coefficient (Wildman–Crippen LogP) is 8.77. The number of unbranched alkanes of at least 4 members (excludes halogenated alkanes) is 2. The summed E-state index contributed by atoms with van der Waals surface area (Å²) in [5.74, 6) is -0.208. The van der Waals surface area contributed by atoms with Crippen LogP contribution >= 0.6 is 0 Å². The average Bonchev–Trinajstić information content (AvgIpc) is 3.32. The summed E-state index contributed by atoms with van der Waals surface area (Å²) in [6.45, 7) is 7.02. The van der Waals surface area contributed by atoms with E-state index in [-0.39, 0.29) is 77.0 Å². The van der Waals surface area contributed by atoms with Crippen LogP contribution in [0.25, 0.3) is 11.1 Å². The second-order valence-electron chi connectivity index (χ2n) is 16.9. The van der Waals surface area contributed by atoms with E-state index in [0.29, 0.717) is 48.8 Å². The molecule has 1 amide bonds. The standard InChI is InChI=1S/C51H66N2O11/c1-3-29-61-51-46(53(50(57)59-4-2)25-31-58-32-28-56)35-44(52-64-47-18-10-13-30-60-47)42-33-38(16-8-11-26-54)41(17-9-12-27-55)48(49(42)51)43-34-40(23-24-45(43)63-51)62-39-21-19-37(20-22-39)36-14-6-5-7-15-36/h3,5-7,14-15,19-24,33-34,38,41,46-49,54-56H,1,4,8-13,16-18,25-32,35H2,2H3/t38-,41+,46-,47?,48+,49+,51+/m0/s1. The molecule has 0 aromatic heterocycles. The van der Waals surface area contributed by atoms with Gasteiger partial charge in [-0.3, -0.25) is 4.90 Å². The van der Waals surface area contributed by atoms with Gasteiger partial charge >= 0.3 is 6.09 Å². The highest BCUT2D eigenvalue weighted by Gasteiger charge is 2.65. The first-order valence-electron chi connectivity index (χ1n) is 23.3. The topological polar surface area (TPSA) is 158 Å². The Kier molecular flexibility index (Phi) is 17.3. The largest absolute Gasteiger partial charge is 0.459 e. The molecule has 346 valence electrons. The predicted molar refractivity (Wildman–Crippen MR) is 243 cm³/mol. The van der Waals surface area contributed by atoms with Crippen LogP contribution in [0, 0.1) is 17.8 Å². The Hall–Kier alpha value is -4.76. The molecule has 2 aliphatic heterocycles. The van der Waals surface area contributed by atoms with Crippen molar-refractivity contribution in [1.29, 1.82) is 0 Å². The van der Waals surface area contributed by atoms with Gasteiger partial charge in [0.05, 0.1) is 51.3 Å². The SMILES string of the molecule is C=CCO[C@@]12Oc3ccc(Oc4ccc(-c5ccccc5)cc4)cc3[C@H]3[C@H](CCCCO)[C@@H](CCCCO)C=C(C(=NOC4CCCCO4)C[C@@H]1N(CCOCCO)C(=O)OCC)[C@H]32. The molecule has 3 aromatic rings. The Morgan fingerprint density at radius 3 is 2.41 bits per heavy atom. The van der Waals surface area contributed by atoms with Crippen molar-refractivity contribution >= 4 is 11.8 Å². The first-order valence-corrected chi connectivity index (χ1v) is 23.3. The monoisotopic (exact) mass is 882 g/mol. The number of fused-ring (bicyclic) bond motifs is 2. The van der Waals surface area contributed by atoms with E-state index in [1.807, 2.05) is 42.5 Å². The maximum Gasteiger partial charge on any atom is 0.410 e. The highest BCUT2D eigenvalue weighted by Crippen LogP contribution is 2.62. The van der Waals surface area contributed by atoms with E-state index in [0.717, 1.165) is 60.8 Å². The zero-order valence-electron chi connectivity index (χ0n) is 37.2. The van der Waals surface area contributed by atoms with Gasteiger partial charge in [-0.15, -0.1) is 6.58 Å². The molecule has 0 spiro atoms. The lowest BCUT2D eigenvalue weighted by Gasteiger charge is -2.59. The van der Waals surface area contributed by atoms with E-state index < -0.39 is 30.1 Å². The number of oxime groups is 1. The van der Waals surface area contributed by atoms with Crippen LogP contribution in [0.15, 0.2) is 102 Å². The maximum atomic E-state index is 14.3. The second-order valence-corrected chi connectivity index (χ2v) is 16.9. The van der Waals surface area contributed by atoms with E-state index in [2.05, 4.69) is 43.0 Å². The molecule has 7 rings (SSSR count). The number of hydrogen-bond donors (Lipinski definition) is 3. The molecular formula is C51H66N2O11. The van der Waals surface area contributed by atoms with Gasteiger partial charge in [0.15, 0.2) is 0 Å². The van der Waals surface area contributed by atoms with Crippen LogP contribution < -0.4 is 9.47 Å². The number of hydrogen-bond acceptors (Lipinski definition) is 12. The van der Waals surface area contributed by atoms with Crippen LogP contribution in [0.2, 0.25) is 0 Å². The molecule has 1 saturated heterocycles. The number of allylic oxidation sites excluding steroid dienone is 1. The fourth-order valence-electron chi connectivity index (χ4n) is 10.0. The number of rotatable bonds is 23. The summed E-state index contributed by atoms with van der Waals surface area (Å²) >= 11 is 0. The van der Waals surface area contributed by atoms with Crippen molar-refractivity contribution < 1.29 is 53.4 Å². The number of amides is 1. The van der Waals surface area contributed by atoms with Crippen molar-refractivity contribution in [2.24, 2.45) is 22.9 Å². The Morgan fingerprint density at radius 2 is 1.69 bits per heavy atom. The minimum atomic E-state index is -1.47. The average molecular weight is 883 g/mol. The summed E-state index contributed by atoms with van der Waals surface area (Å²) in [5, 5.41) is 34.4. The fourth-order valence-corrected chi connectivity index (χ4v) is 10.0. The van der Waals surface area contributed by atoms with Crippen LogP contribution in [-0.4, -0.2) is 110 Å². The fraction of sp³-hybridized carbons (Fsp3) is 0.529. The van der Waals surface area contributed by atoms with E-state index >= 15 is 0 Å². The molecule has 13 nitrogen and oxygen atoms in total. The van der Waals surface area contributed by atoms with Crippen LogP contribution in [0.4, 0.5) is 4.79 Å². The maximum absolute atomic E-state index is 14.3. The van der Waals surface area contributed by atoms with Gasteiger partial charge in [-0.25, -0.2) is 4.79 Å². The molecule has 1 unspecified atom stereocenters. The molecular weight excluding hydrogens is 817 g/mol. The van der Waals surface area contributed by atoms with Crippen molar-refractivity contribution in [2.75, 3.05) is 59.4 Å². The van der Waals surface area contributed by atoms with Gasteiger partial charge in [0.1, 0.15) is 23.3 Å². The number of benzene rings is 3. The molecule has 0 radical (unpaired) electrons. The summed E-state index contributed by atoms with van der Waals surface area (Å²) < 4.78 is 38.5. The van der Waals surface area contributed by atoms with E-state index in [9.17, 15) is 20.1 Å². The van der Waals surface area contributed by atoms with Gasteiger partial charge in [0, 0.05) is 44.1 Å². The Labute approximate surface area is 377 Å². The van der Waals surface area contributed by atoms with Crippen LogP contribution in [0.3, 0.4) is 0 Å². The number of aliphatic hydroxyl groups is 3. The Balaban J connectivity index is 1.39. The third-order valence-corrected chi connectivity index (χ3v) is 12.9. The van der Waals surface area contributed by atoms with Gasteiger partial charge in [0.25, 0.3) is 0 Å². The molecule has 4 aliphatic rings. The molecule has 2 heterocycles. The molecule has 0 bridgehead atoms. The highest BCUT2D eigenvalue weighted by atomic mass is 16.8. The summed E-state index contributed by atoms with van der Waals surface area (Å²) in [7, 11) is 0. The van der Waals surface area contributed by atoms with Crippen LogP contribution in [-0.2, 0) is 23.8 Å². The molecule has 2 aliphatic carbocycles. The molecule has 3 N–H and O–H groups in total. The number of carbonyl (C=O) groups is 1. The first kappa shape index (κ1) is 47.2. The molecule has 64 heavy (non-hydrogen) atoms. The highest BCUT2D eigenvalue weighted by molar-refractivity contribution is 6.03. The summed E-state index contributed by atoms with van der Waals surface area (Å²) in [4.78, 5) is 22.1. The van der Waals surface area contributed by atoms with Crippen LogP contribution in [0.5, 0.6) is 17.2 Å². The zero-order chi connectivity index (χ0) is 44.7. The quantitative estimate of drug-likeness (QED) is 0.0475. The van der Waals surface area contributed by atoms with E-state index in [4.69, 9.17) is 38.4 Å². The second kappa shape index (κ2) is 23.4. The summed E-state index contributed by atoms with van der Waals surface area (Å²) in [6.07, 6.45) is 10.3. The number of nitrogens with zero attached hydrogens (tertiary/aromatic N) is 2. The van der Waals surface area contributed by atoms with Gasteiger partial charge in [-0.05, 0) is 104 Å². The third kappa shape index (κ3) is 11.0. The third-order valence-electron chi connectivity index (χ3n) is 12.9. The van der Waals surface area contributed by atoms with E-state index in [1.54, 1.807) is 17.9 Å². The first-order chi connectivity index (χ1) is 31.4. The number of aliphatic hydroxyl groups excluding tert-OH is 3. The zero-order valence-corrected chi connectivity index (χ0v) is 37.2. The van der Waals surface area contributed by atoms with Crippen molar-refractivity contribution in [3.8, 4) is 28.4 Å². The van der Waals surface area contributed by atoms with Gasteiger partial charge in [-0.1, -0.05) is 72.6 Å². The van der Waals surface area contributed by atoms with Gasteiger partial charge in [-0.2, -0.15) is 0 Å². The van der Waals surface area contributed by atoms with Crippen LogP contribution in [0.1, 0.15) is 82.6 Å². The summed E-state index contributed by atoms with van der Waals surface area (Å²) in [6, 6.07) is 23.4. The molecule has 2 fully saturated rings. The minimum absolute atomic E-state index is 0.0280. The Bertz CT molecular complexity index is 2000. The van der Waals surface area contributed by atoms with Gasteiger partial charge in [0.2, 0.25) is 12.1 Å². The molecule has 13 heteroatoms. The van der Waals surface area contributed by atoms with Crippen molar-refractivity contribution in [3.05, 3.63) is 103 Å². The normalized spacial score (nSPS) is 25.3. The molecule has 1 saturated carbocycles. The van der Waals surface area contributed by atoms with Crippen molar-refractivity contribution in [3.63, 3.8) is 0 Å². The summed E-state index contributed by atoms with van der Waals surface area (Å²) in [5.41, 5.74) is 4.73. The minimum Gasteiger partial charge on any atom is -0.459 e. The number of carbonyl (C=O) groups excluding carboxylic acids is 1. The van der Waals surface area contributed by atoms with E-state index in [1.165, 1.54) is 0 Å². The lowest BCUT2D eigenvalue weighted by atomic mass is 9.55. The van der Waals surface area contributed by atoms with Gasteiger partial charge < -0.3 is 48.6 Å². The molecule has 7 atom stereocenters. The Morgan fingerprint density at radius 1 is 0.922 bits per heavy atom. The smallest absolute Gasteiger partial charge is 0.410 e. The van der Waals surface area contributed by atoms with Crippen molar-refractivity contribution in [1.82, 2.24) is 4.90 Å².